The third-order valence-electron chi connectivity index (χ3n) is 1.75. The summed E-state index contributed by atoms with van der Waals surface area (Å²) in [6.07, 6.45) is 3.70. The largest absolute Gasteiger partial charge is 0.313 e. The Hall–Kier alpha value is -0.300. The van der Waals surface area contributed by atoms with E-state index in [0.29, 0.717) is 0 Å². The molecule has 0 aromatic heterocycles. The molecule has 1 unspecified atom stereocenters. The normalized spacial score (nSPS) is 36.6. The van der Waals surface area contributed by atoms with E-state index >= 15 is 0 Å². The van der Waals surface area contributed by atoms with Crippen LogP contribution in [0.15, 0.2) is 11.6 Å². The number of hydrogen-bond donors (Lipinski definition) is 1. The van der Waals surface area contributed by atoms with Crippen LogP contribution in [-0.2, 0) is 0 Å². The molecule has 0 saturated heterocycles. The highest BCUT2D eigenvalue weighted by molar-refractivity contribution is 5.26. The SMILES string of the molecule is C1=C2CC2CNC1. The van der Waals surface area contributed by atoms with E-state index in [0.717, 1.165) is 12.5 Å². The Morgan fingerprint density at radius 3 is 3.29 bits per heavy atom. The van der Waals surface area contributed by atoms with Crippen molar-refractivity contribution in [2.45, 2.75) is 6.42 Å². The van der Waals surface area contributed by atoms with Crippen LogP contribution in [0.1, 0.15) is 6.42 Å². The van der Waals surface area contributed by atoms with Gasteiger partial charge in [0.1, 0.15) is 0 Å². The summed E-state index contributed by atoms with van der Waals surface area (Å²) >= 11 is 0. The molecule has 1 saturated carbocycles. The maximum absolute atomic E-state index is 3.30. The van der Waals surface area contributed by atoms with E-state index in [-0.39, 0.29) is 0 Å². The second-order valence-electron chi connectivity index (χ2n) is 2.34. The molecule has 0 aromatic carbocycles. The average molecular weight is 95.1 g/mol. The summed E-state index contributed by atoms with van der Waals surface area (Å²) in [6.45, 7) is 2.36. The van der Waals surface area contributed by atoms with Crippen LogP contribution in [0.3, 0.4) is 0 Å². The van der Waals surface area contributed by atoms with Crippen LogP contribution < -0.4 is 5.32 Å². The van der Waals surface area contributed by atoms with Gasteiger partial charge >= 0.3 is 0 Å². The minimum atomic E-state index is 0.953. The van der Waals surface area contributed by atoms with Gasteiger partial charge in [0.25, 0.3) is 0 Å². The summed E-state index contributed by atoms with van der Waals surface area (Å²) in [5, 5.41) is 3.30. The van der Waals surface area contributed by atoms with E-state index < -0.39 is 0 Å². The van der Waals surface area contributed by atoms with Crippen LogP contribution in [0.2, 0.25) is 0 Å². The maximum Gasteiger partial charge on any atom is 0.0137 e. The fourth-order valence-electron chi connectivity index (χ4n) is 1.14. The third-order valence-corrected chi connectivity index (χ3v) is 1.75. The van der Waals surface area contributed by atoms with Crippen molar-refractivity contribution in [3.63, 3.8) is 0 Å². The molecule has 1 nitrogen and oxygen atoms in total. The van der Waals surface area contributed by atoms with Gasteiger partial charge < -0.3 is 5.32 Å². The first kappa shape index (κ1) is 3.67. The van der Waals surface area contributed by atoms with Crippen molar-refractivity contribution < 1.29 is 0 Å². The van der Waals surface area contributed by atoms with E-state index in [9.17, 15) is 0 Å². The predicted octanol–water partition coefficient (Wildman–Crippen LogP) is 0.536. The van der Waals surface area contributed by atoms with Crippen molar-refractivity contribution in [2.75, 3.05) is 13.1 Å². The van der Waals surface area contributed by atoms with Crippen molar-refractivity contribution >= 4 is 0 Å². The van der Waals surface area contributed by atoms with E-state index in [1.165, 1.54) is 13.0 Å². The van der Waals surface area contributed by atoms with Gasteiger partial charge in [-0.2, -0.15) is 0 Å². The predicted molar refractivity (Wildman–Crippen MR) is 29.1 cm³/mol. The lowest BCUT2D eigenvalue weighted by Crippen LogP contribution is -2.19. The molecule has 0 radical (unpaired) electrons. The molecule has 0 spiro atoms. The summed E-state index contributed by atoms with van der Waals surface area (Å²) in [4.78, 5) is 0. The summed E-state index contributed by atoms with van der Waals surface area (Å²) in [7, 11) is 0. The molecule has 1 aliphatic heterocycles. The molecule has 1 aliphatic carbocycles. The van der Waals surface area contributed by atoms with E-state index in [2.05, 4.69) is 11.4 Å². The Kier molecular flexibility index (Phi) is 0.577. The second-order valence-corrected chi connectivity index (χ2v) is 2.34. The van der Waals surface area contributed by atoms with E-state index in [1.54, 1.807) is 5.57 Å². The Labute approximate surface area is 43.4 Å². The molecule has 1 atom stereocenters. The molecule has 1 heterocycles. The van der Waals surface area contributed by atoms with Crippen LogP contribution in [0, 0.1) is 5.92 Å². The minimum absolute atomic E-state index is 0.953. The van der Waals surface area contributed by atoms with Gasteiger partial charge in [-0.3, -0.25) is 0 Å². The fourth-order valence-corrected chi connectivity index (χ4v) is 1.14. The van der Waals surface area contributed by atoms with Crippen molar-refractivity contribution in [3.05, 3.63) is 11.6 Å². The van der Waals surface area contributed by atoms with Crippen molar-refractivity contribution in [2.24, 2.45) is 5.92 Å². The van der Waals surface area contributed by atoms with Crippen molar-refractivity contribution in [1.29, 1.82) is 0 Å². The van der Waals surface area contributed by atoms with Crippen LogP contribution in [-0.4, -0.2) is 13.1 Å². The van der Waals surface area contributed by atoms with Gasteiger partial charge in [0.05, 0.1) is 0 Å². The van der Waals surface area contributed by atoms with Crippen molar-refractivity contribution in [3.8, 4) is 0 Å². The Morgan fingerprint density at radius 1 is 1.71 bits per heavy atom. The molecule has 7 heavy (non-hydrogen) atoms. The first-order valence-electron chi connectivity index (χ1n) is 2.86. The molecule has 0 amide bonds. The van der Waals surface area contributed by atoms with Crippen LogP contribution >= 0.6 is 0 Å². The zero-order valence-corrected chi connectivity index (χ0v) is 4.28. The minimum Gasteiger partial charge on any atom is -0.313 e. The van der Waals surface area contributed by atoms with Crippen LogP contribution in [0.5, 0.6) is 0 Å². The molecule has 1 fully saturated rings. The van der Waals surface area contributed by atoms with Crippen molar-refractivity contribution in [1.82, 2.24) is 5.32 Å². The number of hydrogen-bond acceptors (Lipinski definition) is 1. The van der Waals surface area contributed by atoms with E-state index in [1.807, 2.05) is 0 Å². The zero-order chi connectivity index (χ0) is 4.69. The smallest absolute Gasteiger partial charge is 0.0137 e. The van der Waals surface area contributed by atoms with Gasteiger partial charge in [-0.15, -0.1) is 0 Å². The van der Waals surface area contributed by atoms with Gasteiger partial charge in [0, 0.05) is 13.1 Å². The third kappa shape index (κ3) is 0.484. The standard InChI is InChI=1S/C6H9N/c1-2-7-4-6-3-5(1)6/h1,6-7H,2-4H2. The average Bonchev–Trinajstić information content (AvgIpc) is 2.41. The quantitative estimate of drug-likeness (QED) is 0.433. The lowest BCUT2D eigenvalue weighted by Gasteiger charge is -2.01. The van der Waals surface area contributed by atoms with Gasteiger partial charge in [0.2, 0.25) is 0 Å². The molecule has 0 aromatic rings. The van der Waals surface area contributed by atoms with Crippen LogP contribution in [0.4, 0.5) is 0 Å². The Balaban J connectivity index is 2.19. The molecule has 38 valence electrons. The first-order chi connectivity index (χ1) is 3.47. The topological polar surface area (TPSA) is 12.0 Å². The van der Waals surface area contributed by atoms with Gasteiger partial charge in [-0.25, -0.2) is 0 Å². The molecule has 0 bridgehead atoms. The zero-order valence-electron chi connectivity index (χ0n) is 4.28. The number of fused-ring (bicyclic) bond motifs is 1. The lowest BCUT2D eigenvalue weighted by atomic mass is 10.3. The highest BCUT2D eigenvalue weighted by Crippen LogP contribution is 2.37. The molecule has 1 N–H and O–H groups in total. The van der Waals surface area contributed by atoms with Gasteiger partial charge in [-0.1, -0.05) is 11.6 Å². The molecule has 2 rings (SSSR count). The number of nitrogens with one attached hydrogen (secondary N) is 1. The van der Waals surface area contributed by atoms with E-state index in [4.69, 9.17) is 0 Å². The number of rotatable bonds is 0. The lowest BCUT2D eigenvalue weighted by molar-refractivity contribution is 0.679. The summed E-state index contributed by atoms with van der Waals surface area (Å²) in [6, 6.07) is 0. The second kappa shape index (κ2) is 1.10. The van der Waals surface area contributed by atoms with Gasteiger partial charge in [0.15, 0.2) is 0 Å². The van der Waals surface area contributed by atoms with Gasteiger partial charge in [-0.05, 0) is 12.3 Å². The molecule has 2 aliphatic rings. The van der Waals surface area contributed by atoms with Crippen LogP contribution in [0.25, 0.3) is 0 Å². The highest BCUT2D eigenvalue weighted by atomic mass is 14.9. The fraction of sp³-hybridized carbons (Fsp3) is 0.667. The Morgan fingerprint density at radius 2 is 2.71 bits per heavy atom. The Bertz CT molecular complexity index is 115. The molecular formula is C6H9N. The summed E-state index contributed by atoms with van der Waals surface area (Å²) < 4.78 is 0. The monoisotopic (exact) mass is 95.1 g/mol. The molecule has 1 heteroatoms. The summed E-state index contributed by atoms with van der Waals surface area (Å²) in [5.41, 5.74) is 1.69. The molecular weight excluding hydrogens is 86.1 g/mol. The highest BCUT2D eigenvalue weighted by Gasteiger charge is 2.30. The first-order valence-corrected chi connectivity index (χ1v) is 2.86. The maximum atomic E-state index is 3.30. The summed E-state index contributed by atoms with van der Waals surface area (Å²) in [5.74, 6) is 0.953.